The molecule has 0 aliphatic rings. The molecule has 5 heteroatoms. The second-order valence-electron chi connectivity index (χ2n) is 13.4. The maximum Gasteiger partial charge on any atom is 0.166 e. The van der Waals surface area contributed by atoms with Gasteiger partial charge in [-0.25, -0.2) is 15.0 Å². The van der Waals surface area contributed by atoms with Crippen molar-refractivity contribution in [1.82, 2.24) is 19.5 Å². The van der Waals surface area contributed by atoms with E-state index < -0.39 is 48.3 Å². The molecule has 11 rings (SSSR count). The van der Waals surface area contributed by atoms with E-state index in [1.165, 1.54) is 9.27 Å². The molecule has 0 N–H and O–H groups in total. The normalized spacial score (nSPS) is 13.6. The van der Waals surface area contributed by atoms with Crippen molar-refractivity contribution in [2.24, 2.45) is 0 Å². The molecule has 3 heterocycles. The Bertz CT molecular complexity index is 3640. The van der Waals surface area contributed by atoms with Crippen LogP contribution in [-0.4, -0.2) is 19.5 Å². The van der Waals surface area contributed by atoms with Crippen molar-refractivity contribution in [3.05, 3.63) is 194 Å². The molecule has 0 aliphatic carbocycles. The van der Waals surface area contributed by atoms with Crippen LogP contribution in [0.25, 0.3) is 104 Å². The van der Waals surface area contributed by atoms with Gasteiger partial charge in [-0.15, -0.1) is 11.3 Å². The molecule has 0 fully saturated rings. The number of benzene rings is 8. The van der Waals surface area contributed by atoms with Crippen molar-refractivity contribution in [3.63, 3.8) is 0 Å². The van der Waals surface area contributed by atoms with Gasteiger partial charge in [0.15, 0.2) is 17.5 Å². The fourth-order valence-electron chi connectivity index (χ4n) is 7.47. The smallest absolute Gasteiger partial charge is 0.166 e. The van der Waals surface area contributed by atoms with Gasteiger partial charge in [0.2, 0.25) is 0 Å². The summed E-state index contributed by atoms with van der Waals surface area (Å²) in [6.45, 7) is 0. The molecule has 262 valence electrons. The van der Waals surface area contributed by atoms with Crippen molar-refractivity contribution in [3.8, 4) is 62.1 Å². The van der Waals surface area contributed by atoms with Crippen LogP contribution in [0.1, 0.15) is 11.0 Å². The lowest BCUT2D eigenvalue weighted by atomic mass is 9.99. The summed E-state index contributed by atoms with van der Waals surface area (Å²) in [4.78, 5) is 15.4. The Morgan fingerprint density at radius 2 is 0.946 bits per heavy atom. The Balaban J connectivity index is 1.26. The van der Waals surface area contributed by atoms with Crippen molar-refractivity contribution >= 4 is 53.3 Å². The Morgan fingerprint density at radius 1 is 0.393 bits per heavy atom. The number of rotatable bonds is 6. The summed E-state index contributed by atoms with van der Waals surface area (Å²) in [5.74, 6) is 1.01. The molecule has 56 heavy (non-hydrogen) atoms. The van der Waals surface area contributed by atoms with Crippen LogP contribution in [0.5, 0.6) is 0 Å². The Kier molecular flexibility index (Phi) is 5.92. The summed E-state index contributed by atoms with van der Waals surface area (Å²) in [6.07, 6.45) is 0. The van der Waals surface area contributed by atoms with E-state index in [4.69, 9.17) is 23.2 Å². The minimum atomic E-state index is -0.511. The SMILES string of the molecule is [2H]c1c([2H])c([2H])c2c(c1[2H])c1c([2H])c([2H])c([2H])c([2H])c1n2-c1ccc(-c2ccc3sc4ccccc4c3c2)cc1-c1nc(-c2ccccc2)nc(-c2cccc(-c3ccccc3)c2)n1. The molecule has 4 nitrogen and oxygen atoms in total. The van der Waals surface area contributed by atoms with Crippen LogP contribution in [0, 0.1) is 0 Å². The molecular formula is C51H32N4S. The molecule has 8 aromatic carbocycles. The summed E-state index contributed by atoms with van der Waals surface area (Å²) in [5.41, 5.74) is 5.94. The standard InChI is InChI=1S/C51H32N4S/c1-3-14-33(15-4-1)35-18-13-19-38(30-35)50-52-49(34-16-5-2-6-17-34)53-51(54-50)43-32-36(37-27-29-48-42(31-37)41-22-9-12-25-47(41)56-48)26-28-46(43)55-44-23-10-7-20-39(44)40-21-8-11-24-45(40)55/h1-32H/i7D,8D,10D,11D,20D,21D,23D,24D. The average molecular weight is 741 g/mol. The number of thiophene rings is 1. The number of para-hydroxylation sites is 2. The fraction of sp³-hybridized carbons (Fsp3) is 0. The van der Waals surface area contributed by atoms with E-state index >= 15 is 0 Å². The summed E-state index contributed by atoms with van der Waals surface area (Å²) in [5, 5.41) is 2.21. The summed E-state index contributed by atoms with van der Waals surface area (Å²) in [7, 11) is 0. The van der Waals surface area contributed by atoms with E-state index in [2.05, 4.69) is 30.3 Å². The lowest BCUT2D eigenvalue weighted by Gasteiger charge is -2.16. The third kappa shape index (κ3) is 5.48. The fourth-order valence-corrected chi connectivity index (χ4v) is 8.55. The minimum absolute atomic E-state index is 0.00119. The average Bonchev–Trinajstić information content (AvgIpc) is 3.91. The van der Waals surface area contributed by atoms with Gasteiger partial charge < -0.3 is 4.57 Å². The highest BCUT2D eigenvalue weighted by Crippen LogP contribution is 2.40. The van der Waals surface area contributed by atoms with Gasteiger partial charge in [-0.3, -0.25) is 0 Å². The third-order valence-electron chi connectivity index (χ3n) is 10.1. The van der Waals surface area contributed by atoms with Gasteiger partial charge in [0.25, 0.3) is 0 Å². The Hall–Kier alpha value is -7.21. The first kappa shape index (κ1) is 25.0. The first-order valence-corrected chi connectivity index (χ1v) is 18.9. The molecule has 0 saturated heterocycles. The van der Waals surface area contributed by atoms with Crippen molar-refractivity contribution in [2.75, 3.05) is 0 Å². The molecule has 0 saturated carbocycles. The first-order valence-electron chi connectivity index (χ1n) is 22.1. The van der Waals surface area contributed by atoms with Gasteiger partial charge >= 0.3 is 0 Å². The second kappa shape index (κ2) is 13.3. The summed E-state index contributed by atoms with van der Waals surface area (Å²) >= 11 is 1.72. The molecule has 0 spiro atoms. The van der Waals surface area contributed by atoms with Crippen LogP contribution < -0.4 is 0 Å². The van der Waals surface area contributed by atoms with Crippen molar-refractivity contribution in [2.45, 2.75) is 0 Å². The van der Waals surface area contributed by atoms with E-state index in [9.17, 15) is 2.74 Å². The quantitative estimate of drug-likeness (QED) is 0.170. The number of hydrogen-bond donors (Lipinski definition) is 0. The van der Waals surface area contributed by atoms with Crippen LogP contribution in [0.2, 0.25) is 0 Å². The zero-order chi connectivity index (χ0) is 44.0. The minimum Gasteiger partial charge on any atom is -0.309 e. The maximum absolute atomic E-state index is 9.29. The third-order valence-corrected chi connectivity index (χ3v) is 11.3. The van der Waals surface area contributed by atoms with Crippen LogP contribution in [0.4, 0.5) is 0 Å². The van der Waals surface area contributed by atoms with E-state index in [1.54, 1.807) is 11.3 Å². The predicted octanol–water partition coefficient (Wildman–Crippen LogP) is 13.7. The Labute approximate surface area is 338 Å². The van der Waals surface area contributed by atoms with E-state index in [1.807, 2.05) is 115 Å². The molecule has 0 bridgehead atoms. The van der Waals surface area contributed by atoms with Gasteiger partial charge in [0, 0.05) is 47.6 Å². The van der Waals surface area contributed by atoms with Gasteiger partial charge in [-0.2, -0.15) is 0 Å². The van der Waals surface area contributed by atoms with Gasteiger partial charge in [-0.1, -0.05) is 145 Å². The topological polar surface area (TPSA) is 43.6 Å². The lowest BCUT2D eigenvalue weighted by Crippen LogP contribution is -2.04. The second-order valence-corrected chi connectivity index (χ2v) is 14.5. The first-order chi connectivity index (χ1) is 31.1. The zero-order valence-electron chi connectivity index (χ0n) is 37.6. The molecule has 0 amide bonds. The zero-order valence-corrected chi connectivity index (χ0v) is 30.4. The van der Waals surface area contributed by atoms with Gasteiger partial charge in [0.1, 0.15) is 0 Å². The van der Waals surface area contributed by atoms with Crippen molar-refractivity contribution in [1.29, 1.82) is 0 Å². The summed E-state index contributed by atoms with van der Waals surface area (Å²) < 4.78 is 75.4. The highest BCUT2D eigenvalue weighted by Gasteiger charge is 2.21. The van der Waals surface area contributed by atoms with E-state index in [0.29, 0.717) is 22.9 Å². The largest absolute Gasteiger partial charge is 0.309 e. The molecule has 0 atom stereocenters. The van der Waals surface area contributed by atoms with E-state index in [0.717, 1.165) is 48.9 Å². The predicted molar refractivity (Wildman–Crippen MR) is 234 cm³/mol. The molecule has 0 aliphatic heterocycles. The molecule has 0 radical (unpaired) electrons. The lowest BCUT2D eigenvalue weighted by molar-refractivity contribution is 1.06. The highest BCUT2D eigenvalue weighted by atomic mass is 32.1. The molecular weight excluding hydrogens is 701 g/mol. The molecule has 0 unspecified atom stereocenters. The van der Waals surface area contributed by atoms with Crippen LogP contribution in [-0.2, 0) is 0 Å². The molecule has 3 aromatic heterocycles. The van der Waals surface area contributed by atoms with Crippen molar-refractivity contribution < 1.29 is 11.0 Å². The molecule has 11 aromatic rings. The van der Waals surface area contributed by atoms with Crippen LogP contribution in [0.15, 0.2) is 194 Å². The number of nitrogens with zero attached hydrogens (tertiary/aromatic N) is 4. The van der Waals surface area contributed by atoms with Gasteiger partial charge in [-0.05, 0) is 70.7 Å². The highest BCUT2D eigenvalue weighted by molar-refractivity contribution is 7.25. The number of aromatic nitrogens is 4. The van der Waals surface area contributed by atoms with E-state index in [-0.39, 0.29) is 27.6 Å². The maximum atomic E-state index is 9.29. The summed E-state index contributed by atoms with van der Waals surface area (Å²) in [6, 6.07) is 44.2. The number of hydrogen-bond acceptors (Lipinski definition) is 4. The van der Waals surface area contributed by atoms with Gasteiger partial charge in [0.05, 0.1) is 27.7 Å². The monoisotopic (exact) mass is 740 g/mol. The Morgan fingerprint density at radius 3 is 1.71 bits per heavy atom. The van der Waals surface area contributed by atoms with Crippen LogP contribution in [0.3, 0.4) is 0 Å². The number of fused-ring (bicyclic) bond motifs is 6. The van der Waals surface area contributed by atoms with Crippen LogP contribution >= 0.6 is 11.3 Å².